The average molecular weight is 220 g/mol. The number of hydrogen-bond donors (Lipinski definition) is 3. The minimum atomic E-state index is -3.96. The van der Waals surface area contributed by atoms with Crippen molar-refractivity contribution in [3.63, 3.8) is 0 Å². The second-order valence-electron chi connectivity index (χ2n) is 2.17. The molecular formula is C5H8N4O4S. The zero-order chi connectivity index (χ0) is 10.6. The van der Waals surface area contributed by atoms with Crippen molar-refractivity contribution in [2.45, 2.75) is 0 Å². The van der Waals surface area contributed by atoms with Gasteiger partial charge in [0.05, 0.1) is 13.3 Å². The van der Waals surface area contributed by atoms with E-state index in [0.29, 0.717) is 0 Å². The highest BCUT2D eigenvalue weighted by molar-refractivity contribution is 7.91. The van der Waals surface area contributed by atoms with Crippen LogP contribution in [-0.4, -0.2) is 31.8 Å². The summed E-state index contributed by atoms with van der Waals surface area (Å²) in [6, 6.07) is 1.39. The number of anilines is 1. The molecule has 3 N–H and O–H groups in total. The fraction of sp³-hybridized carbons (Fsp3) is 0.200. The minimum Gasteiger partial charge on any atom is -0.452 e. The van der Waals surface area contributed by atoms with Crippen LogP contribution in [0.5, 0.6) is 0 Å². The first-order valence-corrected chi connectivity index (χ1v) is 4.90. The van der Waals surface area contributed by atoms with Crippen LogP contribution in [0.3, 0.4) is 0 Å². The zero-order valence-electron chi connectivity index (χ0n) is 7.14. The summed E-state index contributed by atoms with van der Waals surface area (Å²) in [5.74, 6) is 0.140. The third-order valence-corrected chi connectivity index (χ3v) is 2.07. The molecule has 0 atom stereocenters. The molecule has 1 heterocycles. The first kappa shape index (κ1) is 10.3. The van der Waals surface area contributed by atoms with E-state index in [2.05, 4.69) is 14.9 Å². The Morgan fingerprint density at radius 3 is 2.86 bits per heavy atom. The lowest BCUT2D eigenvalue weighted by atomic mass is 10.7. The van der Waals surface area contributed by atoms with Gasteiger partial charge in [-0.15, -0.1) is 0 Å². The standard InChI is InChI=1S/C5H8N4O4S/c1-13-5(10)9-14(11,12)8-4-2-3-6-7-4/h2-3H,1H3,(H,9,10)(H2,6,7,8). The van der Waals surface area contributed by atoms with Gasteiger partial charge in [-0.25, -0.2) is 9.52 Å². The highest BCUT2D eigenvalue weighted by Crippen LogP contribution is 2.00. The molecule has 0 aliphatic rings. The smallest absolute Gasteiger partial charge is 0.422 e. The average Bonchev–Trinajstić information content (AvgIpc) is 2.54. The number of carbonyl (C=O) groups excluding carboxylic acids is 1. The van der Waals surface area contributed by atoms with Gasteiger partial charge < -0.3 is 4.74 Å². The number of H-pyrrole nitrogens is 1. The molecule has 0 aliphatic heterocycles. The molecule has 0 spiro atoms. The number of nitrogens with one attached hydrogen (secondary N) is 3. The Morgan fingerprint density at radius 2 is 2.36 bits per heavy atom. The fourth-order valence-corrected chi connectivity index (χ4v) is 1.39. The van der Waals surface area contributed by atoms with Crippen LogP contribution in [0.25, 0.3) is 0 Å². The number of aromatic nitrogens is 2. The van der Waals surface area contributed by atoms with Gasteiger partial charge in [0.1, 0.15) is 5.82 Å². The Labute approximate surface area is 79.8 Å². The molecule has 0 bridgehead atoms. The number of hydrogen-bond acceptors (Lipinski definition) is 5. The first-order valence-electron chi connectivity index (χ1n) is 3.41. The van der Waals surface area contributed by atoms with E-state index >= 15 is 0 Å². The monoisotopic (exact) mass is 220 g/mol. The molecule has 0 unspecified atom stereocenters. The number of rotatable bonds is 3. The first-order chi connectivity index (χ1) is 6.53. The van der Waals surface area contributed by atoms with Crippen molar-refractivity contribution in [1.82, 2.24) is 14.9 Å². The summed E-state index contributed by atoms with van der Waals surface area (Å²) >= 11 is 0. The van der Waals surface area contributed by atoms with Crippen molar-refractivity contribution in [3.8, 4) is 0 Å². The maximum atomic E-state index is 11.1. The highest BCUT2D eigenvalue weighted by Gasteiger charge is 2.14. The molecule has 1 aromatic rings. The molecule has 1 rings (SSSR count). The third kappa shape index (κ3) is 2.94. The SMILES string of the molecule is COC(=O)NS(=O)(=O)Nc1ccn[nH]1. The topological polar surface area (TPSA) is 113 Å². The molecule has 0 saturated carbocycles. The van der Waals surface area contributed by atoms with Crippen LogP contribution >= 0.6 is 0 Å². The van der Waals surface area contributed by atoms with Gasteiger partial charge in [-0.1, -0.05) is 0 Å². The Morgan fingerprint density at radius 1 is 1.64 bits per heavy atom. The van der Waals surface area contributed by atoms with E-state index in [1.807, 2.05) is 4.72 Å². The summed E-state index contributed by atoms with van der Waals surface area (Å²) in [4.78, 5) is 10.6. The largest absolute Gasteiger partial charge is 0.452 e. The van der Waals surface area contributed by atoms with Gasteiger partial charge in [0.15, 0.2) is 0 Å². The van der Waals surface area contributed by atoms with Gasteiger partial charge in [-0.3, -0.25) is 9.82 Å². The van der Waals surface area contributed by atoms with Crippen molar-refractivity contribution in [2.24, 2.45) is 0 Å². The van der Waals surface area contributed by atoms with Crippen molar-refractivity contribution in [3.05, 3.63) is 12.3 Å². The predicted molar refractivity (Wildman–Crippen MR) is 46.7 cm³/mol. The van der Waals surface area contributed by atoms with E-state index < -0.39 is 16.3 Å². The zero-order valence-corrected chi connectivity index (χ0v) is 7.96. The fourth-order valence-electron chi connectivity index (χ4n) is 0.634. The van der Waals surface area contributed by atoms with Crippen LogP contribution in [0, 0.1) is 0 Å². The summed E-state index contributed by atoms with van der Waals surface area (Å²) in [5.41, 5.74) is 0. The number of amides is 1. The lowest BCUT2D eigenvalue weighted by Gasteiger charge is -2.05. The molecule has 14 heavy (non-hydrogen) atoms. The minimum absolute atomic E-state index is 0.140. The van der Waals surface area contributed by atoms with Crippen LogP contribution < -0.4 is 9.44 Å². The number of aromatic amines is 1. The lowest BCUT2D eigenvalue weighted by Crippen LogP contribution is -2.35. The Hall–Kier alpha value is -1.77. The molecule has 1 amide bonds. The molecule has 8 nitrogen and oxygen atoms in total. The molecule has 0 saturated heterocycles. The molecular weight excluding hydrogens is 212 g/mol. The van der Waals surface area contributed by atoms with Crippen molar-refractivity contribution in [1.29, 1.82) is 0 Å². The van der Waals surface area contributed by atoms with Gasteiger partial charge in [0, 0.05) is 6.07 Å². The number of carbonyl (C=O) groups is 1. The highest BCUT2D eigenvalue weighted by atomic mass is 32.2. The van der Waals surface area contributed by atoms with Crippen molar-refractivity contribution in [2.75, 3.05) is 11.8 Å². The number of methoxy groups -OCH3 is 1. The Kier molecular flexibility index (Phi) is 2.92. The number of ether oxygens (including phenoxy) is 1. The van der Waals surface area contributed by atoms with Crippen molar-refractivity contribution >= 4 is 22.1 Å². The van der Waals surface area contributed by atoms with Crippen LogP contribution in [0.4, 0.5) is 10.6 Å². The normalized spacial score (nSPS) is 10.6. The second-order valence-corrected chi connectivity index (χ2v) is 3.58. The van der Waals surface area contributed by atoms with Gasteiger partial charge >= 0.3 is 16.3 Å². The van der Waals surface area contributed by atoms with E-state index in [1.165, 1.54) is 12.3 Å². The summed E-state index contributed by atoms with van der Waals surface area (Å²) in [6.07, 6.45) is 0.285. The molecule has 0 radical (unpaired) electrons. The summed E-state index contributed by atoms with van der Waals surface area (Å²) in [7, 11) is -2.91. The van der Waals surface area contributed by atoms with Crippen LogP contribution in [-0.2, 0) is 14.9 Å². The van der Waals surface area contributed by atoms with Gasteiger partial charge in [-0.2, -0.15) is 13.5 Å². The Bertz CT molecular complexity index is 397. The summed E-state index contributed by atoms with van der Waals surface area (Å²) in [6.45, 7) is 0. The van der Waals surface area contributed by atoms with E-state index in [4.69, 9.17) is 0 Å². The summed E-state index contributed by atoms with van der Waals surface area (Å²) < 4.78 is 29.9. The second kappa shape index (κ2) is 3.96. The van der Waals surface area contributed by atoms with Crippen LogP contribution in [0.1, 0.15) is 0 Å². The Balaban J connectivity index is 2.64. The van der Waals surface area contributed by atoms with Gasteiger partial charge in [0.25, 0.3) is 0 Å². The molecule has 9 heteroatoms. The lowest BCUT2D eigenvalue weighted by molar-refractivity contribution is 0.177. The van der Waals surface area contributed by atoms with Gasteiger partial charge in [-0.05, 0) is 0 Å². The van der Waals surface area contributed by atoms with Crippen LogP contribution in [0.2, 0.25) is 0 Å². The van der Waals surface area contributed by atoms with E-state index in [-0.39, 0.29) is 5.82 Å². The van der Waals surface area contributed by atoms with Crippen LogP contribution in [0.15, 0.2) is 12.3 Å². The maximum absolute atomic E-state index is 11.1. The molecule has 0 fully saturated rings. The van der Waals surface area contributed by atoms with E-state index in [9.17, 15) is 13.2 Å². The molecule has 78 valence electrons. The summed E-state index contributed by atoms with van der Waals surface area (Å²) in [5, 5.41) is 5.86. The predicted octanol–water partition coefficient (Wildman–Crippen LogP) is -0.578. The van der Waals surface area contributed by atoms with Crippen molar-refractivity contribution < 1.29 is 17.9 Å². The number of nitrogens with zero attached hydrogens (tertiary/aromatic N) is 1. The maximum Gasteiger partial charge on any atom is 0.422 e. The molecule has 1 aromatic heterocycles. The quantitative estimate of drug-likeness (QED) is 0.630. The van der Waals surface area contributed by atoms with Gasteiger partial charge in [0.2, 0.25) is 0 Å². The van der Waals surface area contributed by atoms with E-state index in [0.717, 1.165) is 7.11 Å². The molecule has 0 aliphatic carbocycles. The molecule has 0 aromatic carbocycles. The third-order valence-electron chi connectivity index (χ3n) is 1.15. The van der Waals surface area contributed by atoms with E-state index in [1.54, 1.807) is 4.72 Å².